The summed E-state index contributed by atoms with van der Waals surface area (Å²) < 4.78 is 23.3. The molecule has 0 spiro atoms. The molecule has 14 heavy (non-hydrogen) atoms. The van der Waals surface area contributed by atoms with Crippen molar-refractivity contribution in [3.05, 3.63) is 0 Å². The van der Waals surface area contributed by atoms with E-state index in [0.717, 1.165) is 25.8 Å². The fraction of sp³-hybridized carbons (Fsp3) is 1.00. The molecule has 0 atom stereocenters. The molecule has 3 N–H and O–H groups in total. The molecule has 84 valence electrons. The minimum atomic E-state index is -3.46. The maximum atomic E-state index is 11.0. The van der Waals surface area contributed by atoms with Crippen LogP contribution in [-0.4, -0.2) is 38.4 Å². The Morgan fingerprint density at radius 3 is 2.43 bits per heavy atom. The average Bonchev–Trinajstić information content (AvgIpc) is 2.14. The highest BCUT2D eigenvalue weighted by Crippen LogP contribution is 2.11. The van der Waals surface area contributed by atoms with E-state index >= 15 is 0 Å². The zero-order valence-corrected chi connectivity index (χ0v) is 9.39. The van der Waals surface area contributed by atoms with E-state index in [1.165, 1.54) is 4.31 Å². The van der Waals surface area contributed by atoms with Gasteiger partial charge in [0, 0.05) is 19.1 Å². The van der Waals surface area contributed by atoms with Gasteiger partial charge in [-0.3, -0.25) is 0 Å². The molecule has 0 radical (unpaired) electrons. The van der Waals surface area contributed by atoms with E-state index in [1.807, 2.05) is 0 Å². The summed E-state index contributed by atoms with van der Waals surface area (Å²) in [6, 6.07) is 0.452. The van der Waals surface area contributed by atoms with E-state index in [4.69, 9.17) is 5.14 Å². The third-order valence-electron chi connectivity index (χ3n) is 2.50. The van der Waals surface area contributed by atoms with Gasteiger partial charge in [-0.15, -0.1) is 0 Å². The highest BCUT2D eigenvalue weighted by molar-refractivity contribution is 7.86. The Hall–Kier alpha value is -0.170. The summed E-state index contributed by atoms with van der Waals surface area (Å²) in [5, 5.41) is 8.41. The maximum absolute atomic E-state index is 11.0. The minimum Gasteiger partial charge on any atom is -0.314 e. The molecule has 1 heterocycles. The van der Waals surface area contributed by atoms with Gasteiger partial charge in [0.2, 0.25) is 0 Å². The van der Waals surface area contributed by atoms with E-state index in [9.17, 15) is 8.42 Å². The van der Waals surface area contributed by atoms with Crippen LogP contribution in [-0.2, 0) is 10.2 Å². The monoisotopic (exact) mass is 221 g/mol. The lowest BCUT2D eigenvalue weighted by Gasteiger charge is -2.30. The van der Waals surface area contributed by atoms with Gasteiger partial charge in [0.25, 0.3) is 10.2 Å². The highest BCUT2D eigenvalue weighted by atomic mass is 32.2. The smallest absolute Gasteiger partial charge is 0.276 e. The van der Waals surface area contributed by atoms with Crippen LogP contribution in [0, 0.1) is 0 Å². The topological polar surface area (TPSA) is 75.4 Å². The molecule has 6 heteroatoms. The number of nitrogens with zero attached hydrogens (tertiary/aromatic N) is 1. The van der Waals surface area contributed by atoms with E-state index in [-0.39, 0.29) is 0 Å². The van der Waals surface area contributed by atoms with Crippen molar-refractivity contribution in [3.63, 3.8) is 0 Å². The van der Waals surface area contributed by atoms with Crippen molar-refractivity contribution in [3.8, 4) is 0 Å². The Labute approximate surface area is 85.8 Å². The third kappa shape index (κ3) is 3.53. The van der Waals surface area contributed by atoms with Crippen LogP contribution >= 0.6 is 0 Å². The molecule has 1 aliphatic rings. The summed E-state index contributed by atoms with van der Waals surface area (Å²) >= 11 is 0. The number of rotatable bonds is 4. The van der Waals surface area contributed by atoms with Crippen LogP contribution in [0.3, 0.4) is 0 Å². The Kier molecular flexibility index (Phi) is 4.31. The van der Waals surface area contributed by atoms with Gasteiger partial charge in [-0.1, -0.05) is 6.92 Å². The summed E-state index contributed by atoms with van der Waals surface area (Å²) in [6.45, 7) is 4.20. The molecule has 0 aromatic rings. The van der Waals surface area contributed by atoms with Gasteiger partial charge >= 0.3 is 0 Å². The summed E-state index contributed by atoms with van der Waals surface area (Å²) in [5.41, 5.74) is 0. The van der Waals surface area contributed by atoms with Crippen LogP contribution in [0.4, 0.5) is 0 Å². The van der Waals surface area contributed by atoms with Crippen LogP contribution in [0.2, 0.25) is 0 Å². The third-order valence-corrected chi connectivity index (χ3v) is 3.58. The lowest BCUT2D eigenvalue weighted by Crippen LogP contribution is -2.47. The molecule has 0 unspecified atom stereocenters. The Morgan fingerprint density at radius 1 is 1.43 bits per heavy atom. The molecule has 1 aliphatic heterocycles. The maximum Gasteiger partial charge on any atom is 0.276 e. The number of hydrogen-bond acceptors (Lipinski definition) is 3. The Bertz CT molecular complexity index is 258. The van der Waals surface area contributed by atoms with Crippen LogP contribution in [0.15, 0.2) is 0 Å². The quantitative estimate of drug-likeness (QED) is 0.681. The number of nitrogens with two attached hydrogens (primary N) is 1. The van der Waals surface area contributed by atoms with E-state index in [2.05, 4.69) is 12.2 Å². The normalized spacial score (nSPS) is 21.3. The SMILES string of the molecule is CCCNC1CCN(S(N)(=O)=O)CC1. The van der Waals surface area contributed by atoms with Crippen molar-refractivity contribution in [1.29, 1.82) is 0 Å². The van der Waals surface area contributed by atoms with Crippen molar-refractivity contribution >= 4 is 10.2 Å². The summed E-state index contributed by atoms with van der Waals surface area (Å²) in [6.07, 6.45) is 2.82. The predicted molar refractivity (Wildman–Crippen MR) is 56.0 cm³/mol. The number of nitrogens with one attached hydrogen (secondary N) is 1. The van der Waals surface area contributed by atoms with Gasteiger partial charge in [-0.2, -0.15) is 12.7 Å². The lowest BCUT2D eigenvalue weighted by atomic mass is 10.1. The fourth-order valence-corrected chi connectivity index (χ4v) is 2.38. The lowest BCUT2D eigenvalue weighted by molar-refractivity contribution is 0.290. The average molecular weight is 221 g/mol. The summed E-state index contributed by atoms with van der Waals surface area (Å²) in [4.78, 5) is 0. The van der Waals surface area contributed by atoms with Crippen molar-refractivity contribution in [2.45, 2.75) is 32.2 Å². The van der Waals surface area contributed by atoms with Crippen LogP contribution in [0.5, 0.6) is 0 Å². The molecule has 1 fully saturated rings. The van der Waals surface area contributed by atoms with Crippen LogP contribution in [0.25, 0.3) is 0 Å². The number of piperidine rings is 1. The Morgan fingerprint density at radius 2 is 2.00 bits per heavy atom. The van der Waals surface area contributed by atoms with Crippen molar-refractivity contribution in [2.24, 2.45) is 5.14 Å². The van der Waals surface area contributed by atoms with Gasteiger partial charge in [0.1, 0.15) is 0 Å². The van der Waals surface area contributed by atoms with Gasteiger partial charge < -0.3 is 5.32 Å². The second-order valence-electron chi connectivity index (χ2n) is 3.67. The number of hydrogen-bond donors (Lipinski definition) is 2. The second-order valence-corrected chi connectivity index (χ2v) is 5.22. The molecule has 0 bridgehead atoms. The van der Waals surface area contributed by atoms with Gasteiger partial charge in [0.15, 0.2) is 0 Å². The molecular weight excluding hydrogens is 202 g/mol. The first kappa shape index (κ1) is 11.9. The predicted octanol–water partition coefficient (Wildman–Crippen LogP) is -0.346. The molecule has 0 aromatic carbocycles. The van der Waals surface area contributed by atoms with Crippen molar-refractivity contribution in [2.75, 3.05) is 19.6 Å². The molecule has 1 rings (SSSR count). The molecule has 0 aromatic heterocycles. The zero-order valence-electron chi connectivity index (χ0n) is 8.57. The van der Waals surface area contributed by atoms with E-state index in [1.54, 1.807) is 0 Å². The zero-order chi connectivity index (χ0) is 10.6. The van der Waals surface area contributed by atoms with E-state index < -0.39 is 10.2 Å². The van der Waals surface area contributed by atoms with Crippen LogP contribution in [0.1, 0.15) is 26.2 Å². The first-order valence-corrected chi connectivity index (χ1v) is 6.55. The van der Waals surface area contributed by atoms with E-state index in [0.29, 0.717) is 19.1 Å². The molecule has 5 nitrogen and oxygen atoms in total. The van der Waals surface area contributed by atoms with Gasteiger partial charge in [0.05, 0.1) is 0 Å². The highest BCUT2D eigenvalue weighted by Gasteiger charge is 2.24. The molecule has 0 saturated carbocycles. The summed E-state index contributed by atoms with van der Waals surface area (Å²) in [7, 11) is -3.46. The first-order valence-electron chi connectivity index (χ1n) is 5.05. The van der Waals surface area contributed by atoms with Crippen molar-refractivity contribution < 1.29 is 8.42 Å². The standard InChI is InChI=1S/C8H19N3O2S/c1-2-5-10-8-3-6-11(7-4-8)14(9,12)13/h8,10H,2-7H2,1H3,(H2,9,12,13). The molecule has 0 aliphatic carbocycles. The molecular formula is C8H19N3O2S. The summed E-state index contributed by atoms with van der Waals surface area (Å²) in [5.74, 6) is 0. The Balaban J connectivity index is 2.31. The molecule has 0 amide bonds. The van der Waals surface area contributed by atoms with Gasteiger partial charge in [-0.05, 0) is 25.8 Å². The molecule has 1 saturated heterocycles. The largest absolute Gasteiger partial charge is 0.314 e. The van der Waals surface area contributed by atoms with Crippen LogP contribution < -0.4 is 10.5 Å². The second kappa shape index (κ2) is 5.06. The van der Waals surface area contributed by atoms with Crippen molar-refractivity contribution in [1.82, 2.24) is 9.62 Å². The van der Waals surface area contributed by atoms with Gasteiger partial charge in [-0.25, -0.2) is 5.14 Å². The fourth-order valence-electron chi connectivity index (χ4n) is 1.66. The first-order chi connectivity index (χ1) is 6.54. The minimum absolute atomic E-state index is 0.452.